The number of hydrogen-bond acceptors (Lipinski definition) is 2. The van der Waals surface area contributed by atoms with Gasteiger partial charge in [0.05, 0.1) is 5.71 Å². The van der Waals surface area contributed by atoms with Crippen molar-refractivity contribution in [2.75, 3.05) is 0 Å². The first kappa shape index (κ1) is 15.0. The molecule has 0 fully saturated rings. The number of hydrogen-bond donors (Lipinski definition) is 1. The lowest BCUT2D eigenvalue weighted by Crippen LogP contribution is -2.19. The molecule has 3 nitrogen and oxygen atoms in total. The second-order valence-corrected chi connectivity index (χ2v) is 5.06. The molecule has 0 radical (unpaired) electrons. The highest BCUT2D eigenvalue weighted by Crippen LogP contribution is 2.07. The normalized spacial score (nSPS) is 11.3. The fourth-order valence-corrected chi connectivity index (χ4v) is 2.03. The molecule has 1 amide bonds. The zero-order valence-electron chi connectivity index (χ0n) is 12.7. The second-order valence-electron chi connectivity index (χ2n) is 5.06. The molecule has 0 spiro atoms. The maximum atomic E-state index is 12.0. The van der Waals surface area contributed by atoms with E-state index in [1.807, 2.05) is 44.2 Å². The molecule has 0 saturated carbocycles. The molecular weight excluding hydrogens is 260 g/mol. The van der Waals surface area contributed by atoms with E-state index < -0.39 is 0 Å². The molecule has 108 valence electrons. The van der Waals surface area contributed by atoms with Crippen LogP contribution < -0.4 is 5.43 Å². The summed E-state index contributed by atoms with van der Waals surface area (Å²) in [5.41, 5.74) is 7.36. The van der Waals surface area contributed by atoms with Crippen molar-refractivity contribution in [2.45, 2.75) is 27.2 Å². The van der Waals surface area contributed by atoms with Crippen molar-refractivity contribution in [1.82, 2.24) is 5.43 Å². The summed E-state index contributed by atoms with van der Waals surface area (Å²) in [5, 5.41) is 4.17. The molecule has 0 saturated heterocycles. The minimum absolute atomic E-state index is 0.191. The third-order valence-corrected chi connectivity index (χ3v) is 3.39. The summed E-state index contributed by atoms with van der Waals surface area (Å²) < 4.78 is 0. The van der Waals surface area contributed by atoms with Gasteiger partial charge in [-0.1, -0.05) is 48.9 Å². The quantitative estimate of drug-likeness (QED) is 0.673. The van der Waals surface area contributed by atoms with E-state index in [2.05, 4.69) is 29.6 Å². The lowest BCUT2D eigenvalue weighted by atomic mass is 10.1. The summed E-state index contributed by atoms with van der Waals surface area (Å²) in [6, 6.07) is 15.7. The zero-order chi connectivity index (χ0) is 15.2. The van der Waals surface area contributed by atoms with Crippen LogP contribution in [0.5, 0.6) is 0 Å². The Balaban J connectivity index is 2.07. The first-order chi connectivity index (χ1) is 10.1. The first-order valence-electron chi connectivity index (χ1n) is 7.10. The van der Waals surface area contributed by atoms with Gasteiger partial charge in [0.1, 0.15) is 0 Å². The van der Waals surface area contributed by atoms with Crippen molar-refractivity contribution in [1.29, 1.82) is 0 Å². The average Bonchev–Trinajstić information content (AvgIpc) is 2.52. The molecule has 21 heavy (non-hydrogen) atoms. The van der Waals surface area contributed by atoms with Crippen LogP contribution >= 0.6 is 0 Å². The topological polar surface area (TPSA) is 41.5 Å². The van der Waals surface area contributed by atoms with E-state index in [4.69, 9.17) is 0 Å². The van der Waals surface area contributed by atoms with E-state index in [9.17, 15) is 4.79 Å². The van der Waals surface area contributed by atoms with Gasteiger partial charge in [-0.2, -0.15) is 5.10 Å². The molecule has 0 unspecified atom stereocenters. The molecule has 2 rings (SSSR count). The van der Waals surface area contributed by atoms with E-state index in [-0.39, 0.29) is 5.91 Å². The van der Waals surface area contributed by atoms with Gasteiger partial charge in [-0.3, -0.25) is 4.79 Å². The summed E-state index contributed by atoms with van der Waals surface area (Å²) >= 11 is 0. The number of nitrogens with one attached hydrogen (secondary N) is 1. The van der Waals surface area contributed by atoms with Gasteiger partial charge in [-0.25, -0.2) is 5.43 Å². The van der Waals surface area contributed by atoms with Crippen LogP contribution in [0.3, 0.4) is 0 Å². The summed E-state index contributed by atoms with van der Waals surface area (Å²) in [6.07, 6.45) is 1.01. The molecule has 1 N–H and O–H groups in total. The van der Waals surface area contributed by atoms with E-state index in [1.165, 1.54) is 5.56 Å². The zero-order valence-corrected chi connectivity index (χ0v) is 12.7. The van der Waals surface area contributed by atoms with Gasteiger partial charge in [-0.05, 0) is 43.5 Å². The predicted molar refractivity (Wildman–Crippen MR) is 86.7 cm³/mol. The molecule has 0 bridgehead atoms. The number of carbonyl (C=O) groups excluding carboxylic acids is 1. The van der Waals surface area contributed by atoms with Crippen LogP contribution in [0.4, 0.5) is 0 Å². The number of benzene rings is 2. The summed E-state index contributed by atoms with van der Waals surface area (Å²) in [6.45, 7) is 5.97. The minimum atomic E-state index is -0.191. The van der Waals surface area contributed by atoms with Gasteiger partial charge in [0.25, 0.3) is 5.91 Å². The Kier molecular flexibility index (Phi) is 4.88. The molecule has 0 heterocycles. The minimum Gasteiger partial charge on any atom is -0.267 e. The summed E-state index contributed by atoms with van der Waals surface area (Å²) in [7, 11) is 0. The molecule has 0 atom stereocenters. The summed E-state index contributed by atoms with van der Waals surface area (Å²) in [4.78, 5) is 12.0. The lowest BCUT2D eigenvalue weighted by Gasteiger charge is -2.04. The Hall–Kier alpha value is -2.42. The molecule has 3 heteroatoms. The highest BCUT2D eigenvalue weighted by Gasteiger charge is 2.04. The maximum Gasteiger partial charge on any atom is 0.271 e. The highest BCUT2D eigenvalue weighted by atomic mass is 16.2. The molecule has 0 aromatic heterocycles. The fraction of sp³-hybridized carbons (Fsp3) is 0.222. The van der Waals surface area contributed by atoms with E-state index in [1.54, 1.807) is 6.07 Å². The summed E-state index contributed by atoms with van der Waals surface area (Å²) in [5.74, 6) is -0.191. The van der Waals surface area contributed by atoms with Gasteiger partial charge >= 0.3 is 0 Å². The van der Waals surface area contributed by atoms with Crippen LogP contribution in [0.2, 0.25) is 0 Å². The number of amides is 1. The van der Waals surface area contributed by atoms with Crippen molar-refractivity contribution in [3.63, 3.8) is 0 Å². The van der Waals surface area contributed by atoms with E-state index in [0.717, 1.165) is 23.3 Å². The van der Waals surface area contributed by atoms with Crippen LogP contribution in [0.15, 0.2) is 53.6 Å². The molecule has 2 aromatic carbocycles. The molecule has 0 aliphatic carbocycles. The van der Waals surface area contributed by atoms with Crippen molar-refractivity contribution >= 4 is 11.6 Å². The monoisotopic (exact) mass is 280 g/mol. The smallest absolute Gasteiger partial charge is 0.267 e. The van der Waals surface area contributed by atoms with Gasteiger partial charge in [0.2, 0.25) is 0 Å². The SMILES string of the molecule is CCc1ccc(C(C)=NNC(=O)c2cccc(C)c2)cc1. The van der Waals surface area contributed by atoms with E-state index in [0.29, 0.717) is 5.56 Å². The molecule has 0 aliphatic rings. The molecular formula is C18H20N2O. The van der Waals surface area contributed by atoms with E-state index >= 15 is 0 Å². The van der Waals surface area contributed by atoms with Crippen LogP contribution in [-0.2, 0) is 6.42 Å². The fourth-order valence-electron chi connectivity index (χ4n) is 2.03. The van der Waals surface area contributed by atoms with Gasteiger partial charge < -0.3 is 0 Å². The molecule has 2 aromatic rings. The third-order valence-electron chi connectivity index (χ3n) is 3.39. The predicted octanol–water partition coefficient (Wildman–Crippen LogP) is 3.71. The van der Waals surface area contributed by atoms with Gasteiger partial charge in [0, 0.05) is 5.56 Å². The van der Waals surface area contributed by atoms with Crippen molar-refractivity contribution in [3.05, 3.63) is 70.8 Å². The second kappa shape index (κ2) is 6.84. The van der Waals surface area contributed by atoms with Crippen LogP contribution in [0.25, 0.3) is 0 Å². The Morgan fingerprint density at radius 2 is 1.81 bits per heavy atom. The number of nitrogens with zero attached hydrogens (tertiary/aromatic N) is 1. The number of aryl methyl sites for hydroxylation is 2. The average molecular weight is 280 g/mol. The van der Waals surface area contributed by atoms with Crippen LogP contribution in [0, 0.1) is 6.92 Å². The third kappa shape index (κ3) is 4.02. The molecule has 0 aliphatic heterocycles. The number of hydrazone groups is 1. The largest absolute Gasteiger partial charge is 0.271 e. The maximum absolute atomic E-state index is 12.0. The number of rotatable bonds is 4. The Labute approximate surface area is 125 Å². The van der Waals surface area contributed by atoms with Crippen molar-refractivity contribution in [3.8, 4) is 0 Å². The number of carbonyl (C=O) groups is 1. The van der Waals surface area contributed by atoms with Crippen LogP contribution in [0.1, 0.15) is 40.9 Å². The highest BCUT2D eigenvalue weighted by molar-refractivity contribution is 6.00. The van der Waals surface area contributed by atoms with Crippen molar-refractivity contribution < 1.29 is 4.79 Å². The Morgan fingerprint density at radius 1 is 1.10 bits per heavy atom. The first-order valence-corrected chi connectivity index (χ1v) is 7.10. The van der Waals surface area contributed by atoms with Gasteiger partial charge in [-0.15, -0.1) is 0 Å². The Bertz CT molecular complexity index is 657. The lowest BCUT2D eigenvalue weighted by molar-refractivity contribution is 0.0954. The van der Waals surface area contributed by atoms with Crippen molar-refractivity contribution in [2.24, 2.45) is 5.10 Å². The van der Waals surface area contributed by atoms with Gasteiger partial charge in [0.15, 0.2) is 0 Å². The van der Waals surface area contributed by atoms with Crippen LogP contribution in [-0.4, -0.2) is 11.6 Å². The Morgan fingerprint density at radius 3 is 2.43 bits per heavy atom. The standard InChI is InChI=1S/C18H20N2O/c1-4-15-8-10-16(11-9-15)14(3)19-20-18(21)17-7-5-6-13(2)12-17/h5-12H,4H2,1-3H3,(H,20,21).